The molecule has 0 aliphatic heterocycles. The first kappa shape index (κ1) is 28.1. The molecule has 0 N–H and O–H groups in total. The second-order valence-electron chi connectivity index (χ2n) is 12.4. The van der Waals surface area contributed by atoms with Crippen LogP contribution in [0.15, 0.2) is 170 Å². The number of hydrogen-bond donors (Lipinski definition) is 0. The molecule has 0 unspecified atom stereocenters. The minimum Gasteiger partial charge on any atom is -0.309 e. The molecule has 0 bridgehead atoms. The van der Waals surface area contributed by atoms with Crippen molar-refractivity contribution in [3.05, 3.63) is 170 Å². The first-order chi connectivity index (χ1) is 24.8. The number of hydrogen-bond acceptors (Lipinski definition) is 4. The number of benzene rings is 4. The molecule has 10 aromatic rings. The van der Waals surface area contributed by atoms with E-state index in [9.17, 15) is 0 Å². The molecular weight excluding hydrogens is 613 g/mol. The summed E-state index contributed by atoms with van der Waals surface area (Å²) in [5.74, 6) is 0. The molecule has 6 nitrogen and oxygen atoms in total. The number of nitrogens with zero attached hydrogens (tertiary/aromatic N) is 6. The third kappa shape index (κ3) is 4.50. The molecule has 0 saturated carbocycles. The van der Waals surface area contributed by atoms with Crippen LogP contribution < -0.4 is 0 Å². The Balaban J connectivity index is 1.03. The summed E-state index contributed by atoms with van der Waals surface area (Å²) in [5, 5.41) is 4.71. The number of aromatic nitrogens is 6. The zero-order chi connectivity index (χ0) is 33.0. The van der Waals surface area contributed by atoms with Crippen LogP contribution in [0.5, 0.6) is 0 Å². The summed E-state index contributed by atoms with van der Waals surface area (Å²) in [6, 6.07) is 50.5. The van der Waals surface area contributed by atoms with Crippen molar-refractivity contribution in [2.24, 2.45) is 0 Å². The zero-order valence-electron chi connectivity index (χ0n) is 26.8. The van der Waals surface area contributed by atoms with Crippen molar-refractivity contribution in [3.8, 4) is 45.3 Å². The third-order valence-electron chi connectivity index (χ3n) is 9.51. The predicted octanol–water partition coefficient (Wildman–Crippen LogP) is 10.5. The van der Waals surface area contributed by atoms with Crippen molar-refractivity contribution in [1.82, 2.24) is 29.1 Å². The molecular formula is C44H28N6. The average molecular weight is 641 g/mol. The van der Waals surface area contributed by atoms with Gasteiger partial charge in [-0.05, 0) is 72.8 Å². The van der Waals surface area contributed by atoms with Gasteiger partial charge in [-0.15, -0.1) is 0 Å². The van der Waals surface area contributed by atoms with E-state index in [1.807, 2.05) is 36.9 Å². The van der Waals surface area contributed by atoms with E-state index in [0.717, 1.165) is 72.7 Å². The van der Waals surface area contributed by atoms with Crippen LogP contribution >= 0.6 is 0 Å². The molecule has 0 fully saturated rings. The smallest absolute Gasteiger partial charge is 0.0893 e. The molecule has 6 heteroatoms. The van der Waals surface area contributed by atoms with Crippen molar-refractivity contribution >= 4 is 43.6 Å². The Kier molecular flexibility index (Phi) is 6.39. The van der Waals surface area contributed by atoms with Crippen LogP contribution in [0.4, 0.5) is 0 Å². The van der Waals surface area contributed by atoms with E-state index in [1.54, 1.807) is 0 Å². The van der Waals surface area contributed by atoms with E-state index >= 15 is 0 Å². The standard InChI is InChI=1S/C44H28N6/c1-3-19-41-33(13-1)35-21-23-46-28-44(35)50(41)32-12-6-10-30(26-32)38-16-8-18-40(48-38)39-17-7-15-37(47-39)29-9-5-11-31(25-29)49-42-20-4-2-14-34(42)36-27-45-24-22-43(36)49/h1-28H. The fraction of sp³-hybridized carbons (Fsp3) is 0. The van der Waals surface area contributed by atoms with E-state index in [2.05, 4.69) is 153 Å². The molecule has 0 aliphatic carbocycles. The van der Waals surface area contributed by atoms with Crippen LogP contribution in [0.2, 0.25) is 0 Å². The second-order valence-corrected chi connectivity index (χ2v) is 12.4. The second kappa shape index (κ2) is 11.4. The highest BCUT2D eigenvalue weighted by Crippen LogP contribution is 2.35. The zero-order valence-corrected chi connectivity index (χ0v) is 26.8. The van der Waals surface area contributed by atoms with E-state index in [0.29, 0.717) is 0 Å². The molecule has 4 aromatic carbocycles. The Bertz CT molecular complexity index is 2590. The summed E-state index contributed by atoms with van der Waals surface area (Å²) in [7, 11) is 0. The van der Waals surface area contributed by atoms with Crippen LogP contribution in [-0.4, -0.2) is 29.1 Å². The SMILES string of the molecule is c1cc(-c2cccc(-c3cccc(-c4cccc(-n5c6ccccc6c6ccncc65)c4)n3)n2)cc(-n2c3ccccc3c3cnccc32)c1. The summed E-state index contributed by atoms with van der Waals surface area (Å²) in [4.78, 5) is 19.1. The van der Waals surface area contributed by atoms with Gasteiger partial charge in [0.2, 0.25) is 0 Å². The monoisotopic (exact) mass is 640 g/mol. The minimum absolute atomic E-state index is 0.821. The van der Waals surface area contributed by atoms with E-state index in [-0.39, 0.29) is 0 Å². The lowest BCUT2D eigenvalue weighted by molar-refractivity contribution is 1.16. The molecule has 6 aromatic heterocycles. The normalized spacial score (nSPS) is 11.6. The summed E-state index contributed by atoms with van der Waals surface area (Å²) in [6.45, 7) is 0. The van der Waals surface area contributed by atoms with Crippen molar-refractivity contribution in [2.45, 2.75) is 0 Å². The predicted molar refractivity (Wildman–Crippen MR) is 203 cm³/mol. The number of pyridine rings is 4. The molecule has 0 atom stereocenters. The molecule has 234 valence electrons. The van der Waals surface area contributed by atoms with Crippen LogP contribution in [0, 0.1) is 0 Å². The van der Waals surface area contributed by atoms with Gasteiger partial charge in [0.1, 0.15) is 0 Å². The van der Waals surface area contributed by atoms with Crippen molar-refractivity contribution in [2.75, 3.05) is 0 Å². The molecule has 0 amide bonds. The summed E-state index contributed by atoms with van der Waals surface area (Å²) in [6.07, 6.45) is 7.60. The fourth-order valence-corrected chi connectivity index (χ4v) is 7.28. The van der Waals surface area contributed by atoms with Gasteiger partial charge in [-0.2, -0.15) is 0 Å². The Hall–Kier alpha value is -6.92. The van der Waals surface area contributed by atoms with Gasteiger partial charge in [0.05, 0.1) is 51.0 Å². The maximum Gasteiger partial charge on any atom is 0.0893 e. The quantitative estimate of drug-likeness (QED) is 0.188. The summed E-state index contributed by atoms with van der Waals surface area (Å²) in [5.41, 5.74) is 12.1. The lowest BCUT2D eigenvalue weighted by Gasteiger charge is -2.11. The molecule has 10 rings (SSSR count). The van der Waals surface area contributed by atoms with Crippen LogP contribution in [0.3, 0.4) is 0 Å². The fourth-order valence-electron chi connectivity index (χ4n) is 7.28. The highest BCUT2D eigenvalue weighted by molar-refractivity contribution is 6.09. The van der Waals surface area contributed by atoms with Crippen LogP contribution in [0.1, 0.15) is 0 Å². The number of rotatable bonds is 5. The third-order valence-corrected chi connectivity index (χ3v) is 9.51. The molecule has 50 heavy (non-hydrogen) atoms. The van der Waals surface area contributed by atoms with Gasteiger partial charge in [0.25, 0.3) is 0 Å². The minimum atomic E-state index is 0.821. The van der Waals surface area contributed by atoms with E-state index < -0.39 is 0 Å². The van der Waals surface area contributed by atoms with Crippen LogP contribution in [0.25, 0.3) is 88.9 Å². The van der Waals surface area contributed by atoms with Crippen LogP contribution in [-0.2, 0) is 0 Å². The lowest BCUT2D eigenvalue weighted by atomic mass is 10.1. The highest BCUT2D eigenvalue weighted by Gasteiger charge is 2.15. The first-order valence-electron chi connectivity index (χ1n) is 16.6. The largest absolute Gasteiger partial charge is 0.309 e. The van der Waals surface area contributed by atoms with Gasteiger partial charge < -0.3 is 9.13 Å². The Morgan fingerprint density at radius 1 is 0.340 bits per heavy atom. The molecule has 0 radical (unpaired) electrons. The Labute approximate surface area is 287 Å². The van der Waals surface area contributed by atoms with Gasteiger partial charge in [-0.1, -0.05) is 72.8 Å². The maximum absolute atomic E-state index is 5.13. The highest BCUT2D eigenvalue weighted by atomic mass is 15.0. The van der Waals surface area contributed by atoms with Gasteiger partial charge in [-0.3, -0.25) is 9.97 Å². The van der Waals surface area contributed by atoms with Gasteiger partial charge in [0.15, 0.2) is 0 Å². The first-order valence-corrected chi connectivity index (χ1v) is 16.6. The van der Waals surface area contributed by atoms with Gasteiger partial charge in [0, 0.05) is 62.6 Å². The van der Waals surface area contributed by atoms with Gasteiger partial charge in [-0.25, -0.2) is 9.97 Å². The Morgan fingerprint density at radius 3 is 1.48 bits per heavy atom. The van der Waals surface area contributed by atoms with E-state index in [1.165, 1.54) is 16.2 Å². The molecule has 0 aliphatic rings. The van der Waals surface area contributed by atoms with Crippen molar-refractivity contribution in [1.29, 1.82) is 0 Å². The topological polar surface area (TPSA) is 61.4 Å². The Morgan fingerprint density at radius 2 is 0.820 bits per heavy atom. The van der Waals surface area contributed by atoms with Gasteiger partial charge >= 0.3 is 0 Å². The number of para-hydroxylation sites is 2. The van der Waals surface area contributed by atoms with E-state index in [4.69, 9.17) is 9.97 Å². The average Bonchev–Trinajstić information content (AvgIpc) is 3.71. The molecule has 0 spiro atoms. The number of fused-ring (bicyclic) bond motifs is 6. The summed E-state index contributed by atoms with van der Waals surface area (Å²) < 4.78 is 4.58. The molecule has 0 saturated heterocycles. The lowest BCUT2D eigenvalue weighted by Crippen LogP contribution is -1.96. The summed E-state index contributed by atoms with van der Waals surface area (Å²) >= 11 is 0. The molecule has 6 heterocycles. The maximum atomic E-state index is 5.13. The van der Waals surface area contributed by atoms with Crippen molar-refractivity contribution in [3.63, 3.8) is 0 Å². The van der Waals surface area contributed by atoms with Crippen molar-refractivity contribution < 1.29 is 0 Å².